The van der Waals surface area contributed by atoms with Crippen molar-refractivity contribution in [2.75, 3.05) is 0 Å². The van der Waals surface area contributed by atoms with Gasteiger partial charge in [-0.15, -0.1) is 0 Å². The van der Waals surface area contributed by atoms with Gasteiger partial charge in [-0.1, -0.05) is 13.8 Å². The molecule has 0 radical (unpaired) electrons. The molecule has 0 bridgehead atoms. The third-order valence-corrected chi connectivity index (χ3v) is 1.66. The normalized spacial score (nSPS) is 12.1. The highest BCUT2D eigenvalue weighted by Crippen LogP contribution is 2.07. The standard InChI is InChI=1S/C8H14N2/c1-3-8(10)7(2)5-4-6-9/h7,10H,3-5H2,1-2H3. The number of hydrogen-bond acceptors (Lipinski definition) is 2. The molecule has 0 fully saturated rings. The molecule has 0 aliphatic rings. The lowest BCUT2D eigenvalue weighted by Crippen LogP contribution is -2.07. The van der Waals surface area contributed by atoms with Gasteiger partial charge >= 0.3 is 0 Å². The van der Waals surface area contributed by atoms with E-state index in [0.717, 1.165) is 18.6 Å². The van der Waals surface area contributed by atoms with Gasteiger partial charge < -0.3 is 5.41 Å². The molecule has 0 spiro atoms. The van der Waals surface area contributed by atoms with Crippen LogP contribution in [0.15, 0.2) is 0 Å². The van der Waals surface area contributed by atoms with Crippen LogP contribution in [0.25, 0.3) is 0 Å². The Kier molecular flexibility index (Phi) is 4.57. The zero-order valence-electron chi connectivity index (χ0n) is 6.65. The Morgan fingerprint density at radius 3 is 2.70 bits per heavy atom. The molecule has 2 nitrogen and oxygen atoms in total. The van der Waals surface area contributed by atoms with Gasteiger partial charge in [0, 0.05) is 12.1 Å². The fourth-order valence-corrected chi connectivity index (χ4v) is 0.804. The smallest absolute Gasteiger partial charge is 0.0621 e. The second-order valence-corrected chi connectivity index (χ2v) is 2.48. The Morgan fingerprint density at radius 2 is 2.30 bits per heavy atom. The van der Waals surface area contributed by atoms with Crippen molar-refractivity contribution < 1.29 is 0 Å². The second-order valence-electron chi connectivity index (χ2n) is 2.48. The van der Waals surface area contributed by atoms with E-state index >= 15 is 0 Å². The van der Waals surface area contributed by atoms with Crippen molar-refractivity contribution in [2.24, 2.45) is 5.92 Å². The molecule has 10 heavy (non-hydrogen) atoms. The summed E-state index contributed by atoms with van der Waals surface area (Å²) in [4.78, 5) is 0. The van der Waals surface area contributed by atoms with Crippen molar-refractivity contribution in [3.8, 4) is 6.07 Å². The summed E-state index contributed by atoms with van der Waals surface area (Å²) in [5, 5.41) is 15.7. The van der Waals surface area contributed by atoms with Gasteiger partial charge in [-0.3, -0.25) is 0 Å². The Labute approximate surface area is 62.4 Å². The van der Waals surface area contributed by atoms with E-state index in [9.17, 15) is 0 Å². The zero-order valence-corrected chi connectivity index (χ0v) is 6.65. The average molecular weight is 138 g/mol. The van der Waals surface area contributed by atoms with E-state index in [4.69, 9.17) is 10.7 Å². The molecule has 1 N–H and O–H groups in total. The molecule has 0 rings (SSSR count). The fraction of sp³-hybridized carbons (Fsp3) is 0.750. The second kappa shape index (κ2) is 4.99. The van der Waals surface area contributed by atoms with E-state index in [2.05, 4.69) is 6.07 Å². The quantitative estimate of drug-likeness (QED) is 0.595. The van der Waals surface area contributed by atoms with Crippen molar-refractivity contribution in [2.45, 2.75) is 33.1 Å². The van der Waals surface area contributed by atoms with Crippen LogP contribution in [0.3, 0.4) is 0 Å². The molecule has 0 aliphatic heterocycles. The SMILES string of the molecule is CCC(=N)C(C)CCC#N. The van der Waals surface area contributed by atoms with Crippen LogP contribution in [-0.2, 0) is 0 Å². The van der Waals surface area contributed by atoms with Gasteiger partial charge in [0.1, 0.15) is 0 Å². The maximum absolute atomic E-state index is 8.25. The lowest BCUT2D eigenvalue weighted by atomic mass is 9.99. The molecule has 0 heterocycles. The first-order valence-corrected chi connectivity index (χ1v) is 3.66. The number of nitrogens with zero attached hydrogens (tertiary/aromatic N) is 1. The highest BCUT2D eigenvalue weighted by Gasteiger charge is 2.04. The lowest BCUT2D eigenvalue weighted by Gasteiger charge is -2.07. The van der Waals surface area contributed by atoms with E-state index < -0.39 is 0 Å². The molecular weight excluding hydrogens is 124 g/mol. The van der Waals surface area contributed by atoms with Gasteiger partial charge in [0.2, 0.25) is 0 Å². The van der Waals surface area contributed by atoms with E-state index in [1.54, 1.807) is 0 Å². The molecule has 0 amide bonds. The van der Waals surface area contributed by atoms with Gasteiger partial charge in [0.25, 0.3) is 0 Å². The zero-order chi connectivity index (χ0) is 7.98. The molecule has 1 atom stereocenters. The van der Waals surface area contributed by atoms with Crippen molar-refractivity contribution in [3.63, 3.8) is 0 Å². The van der Waals surface area contributed by atoms with Gasteiger partial charge in [-0.2, -0.15) is 5.26 Å². The molecule has 0 aromatic carbocycles. The largest absolute Gasteiger partial charge is 0.309 e. The first kappa shape index (κ1) is 9.16. The summed E-state index contributed by atoms with van der Waals surface area (Å²) < 4.78 is 0. The Balaban J connectivity index is 3.53. The van der Waals surface area contributed by atoms with E-state index in [1.165, 1.54) is 0 Å². The minimum absolute atomic E-state index is 0.296. The van der Waals surface area contributed by atoms with Crippen LogP contribution in [0, 0.1) is 22.7 Å². The minimum Gasteiger partial charge on any atom is -0.309 e. The monoisotopic (exact) mass is 138 g/mol. The first-order chi connectivity index (χ1) is 4.72. The summed E-state index contributed by atoms with van der Waals surface area (Å²) in [5.41, 5.74) is 0.759. The predicted molar refractivity (Wildman–Crippen MR) is 42.0 cm³/mol. The number of rotatable bonds is 4. The lowest BCUT2D eigenvalue weighted by molar-refractivity contribution is 0.683. The van der Waals surface area contributed by atoms with E-state index in [-0.39, 0.29) is 0 Å². The molecule has 2 heteroatoms. The topological polar surface area (TPSA) is 47.6 Å². The molecule has 0 saturated heterocycles. The van der Waals surface area contributed by atoms with Crippen molar-refractivity contribution in [1.29, 1.82) is 10.7 Å². The average Bonchev–Trinajstić information content (AvgIpc) is 1.98. The molecule has 0 aromatic rings. The van der Waals surface area contributed by atoms with Gasteiger partial charge in [0.05, 0.1) is 6.07 Å². The third kappa shape index (κ3) is 3.24. The molecule has 0 saturated carbocycles. The third-order valence-electron chi connectivity index (χ3n) is 1.66. The summed E-state index contributed by atoms with van der Waals surface area (Å²) in [6, 6.07) is 2.08. The van der Waals surface area contributed by atoms with Gasteiger partial charge in [0.15, 0.2) is 0 Å². The first-order valence-electron chi connectivity index (χ1n) is 3.66. The number of hydrogen-bond donors (Lipinski definition) is 1. The molecule has 1 unspecified atom stereocenters. The summed E-state index contributed by atoms with van der Waals surface area (Å²) in [7, 11) is 0. The summed E-state index contributed by atoms with van der Waals surface area (Å²) in [6.07, 6.45) is 2.22. The molecule has 0 aliphatic carbocycles. The van der Waals surface area contributed by atoms with E-state index in [0.29, 0.717) is 12.3 Å². The van der Waals surface area contributed by atoms with Crippen LogP contribution < -0.4 is 0 Å². The number of nitrogens with one attached hydrogen (secondary N) is 1. The van der Waals surface area contributed by atoms with Crippen LogP contribution in [0.5, 0.6) is 0 Å². The van der Waals surface area contributed by atoms with Crippen LogP contribution in [0.2, 0.25) is 0 Å². The predicted octanol–water partition coefficient (Wildman–Crippen LogP) is 2.36. The van der Waals surface area contributed by atoms with E-state index in [1.807, 2.05) is 13.8 Å². The van der Waals surface area contributed by atoms with Gasteiger partial charge in [-0.25, -0.2) is 0 Å². The van der Waals surface area contributed by atoms with Crippen molar-refractivity contribution >= 4 is 5.71 Å². The summed E-state index contributed by atoms with van der Waals surface area (Å²) in [5.74, 6) is 0.296. The minimum atomic E-state index is 0.296. The van der Waals surface area contributed by atoms with Crippen molar-refractivity contribution in [1.82, 2.24) is 0 Å². The Bertz CT molecular complexity index is 144. The van der Waals surface area contributed by atoms with Gasteiger partial charge in [-0.05, 0) is 18.8 Å². The fourth-order valence-electron chi connectivity index (χ4n) is 0.804. The maximum atomic E-state index is 8.25. The van der Waals surface area contributed by atoms with Crippen LogP contribution in [-0.4, -0.2) is 5.71 Å². The summed E-state index contributed by atoms with van der Waals surface area (Å²) in [6.45, 7) is 3.98. The van der Waals surface area contributed by atoms with Crippen LogP contribution >= 0.6 is 0 Å². The molecular formula is C8H14N2. The van der Waals surface area contributed by atoms with Crippen LogP contribution in [0.4, 0.5) is 0 Å². The Morgan fingerprint density at radius 1 is 1.70 bits per heavy atom. The number of nitriles is 1. The summed E-state index contributed by atoms with van der Waals surface area (Å²) >= 11 is 0. The van der Waals surface area contributed by atoms with Crippen LogP contribution in [0.1, 0.15) is 33.1 Å². The maximum Gasteiger partial charge on any atom is 0.0621 e. The van der Waals surface area contributed by atoms with Crippen molar-refractivity contribution in [3.05, 3.63) is 0 Å². The molecule has 0 aromatic heterocycles. The molecule has 56 valence electrons. The Hall–Kier alpha value is -0.840. The highest BCUT2D eigenvalue weighted by atomic mass is 14.4. The highest BCUT2D eigenvalue weighted by molar-refractivity contribution is 5.83.